The summed E-state index contributed by atoms with van der Waals surface area (Å²) in [5, 5.41) is 3.82. The third kappa shape index (κ3) is 3.70. The van der Waals surface area contributed by atoms with Gasteiger partial charge in [0.1, 0.15) is 0 Å². The van der Waals surface area contributed by atoms with Gasteiger partial charge in [-0.1, -0.05) is 12.8 Å². The molecule has 2 fully saturated rings. The molecular weight excluding hydrogens is 354 g/mol. The summed E-state index contributed by atoms with van der Waals surface area (Å²) in [6.45, 7) is 6.94. The Morgan fingerprint density at radius 3 is 2.54 bits per heavy atom. The van der Waals surface area contributed by atoms with E-state index in [4.69, 9.17) is 0 Å². The fourth-order valence-electron chi connectivity index (χ4n) is 4.19. The molecule has 2 aromatic rings. The second kappa shape index (κ2) is 7.81. The van der Waals surface area contributed by atoms with Crippen LogP contribution in [0.15, 0.2) is 29.3 Å². The van der Waals surface area contributed by atoms with Crippen molar-refractivity contribution in [3.8, 4) is 0 Å². The average Bonchev–Trinajstić information content (AvgIpc) is 3.21. The summed E-state index contributed by atoms with van der Waals surface area (Å²) >= 11 is 0. The number of fused-ring (bicyclic) bond motifs is 1. The Kier molecular flexibility index (Phi) is 5.24. The summed E-state index contributed by atoms with van der Waals surface area (Å²) in [5.74, 6) is 0. The second-order valence-electron chi connectivity index (χ2n) is 8.16. The van der Waals surface area contributed by atoms with Gasteiger partial charge in [-0.25, -0.2) is 9.78 Å². The van der Waals surface area contributed by atoms with Crippen LogP contribution in [0.4, 0.5) is 10.5 Å². The molecule has 1 aromatic heterocycles. The first-order valence-corrected chi connectivity index (χ1v) is 10.3. The summed E-state index contributed by atoms with van der Waals surface area (Å²) < 4.78 is 1.66. The molecule has 1 aliphatic carbocycles. The van der Waals surface area contributed by atoms with Gasteiger partial charge in [0.15, 0.2) is 0 Å². The van der Waals surface area contributed by atoms with Gasteiger partial charge in [-0.15, -0.1) is 0 Å². The van der Waals surface area contributed by atoms with Crippen molar-refractivity contribution in [3.63, 3.8) is 0 Å². The van der Waals surface area contributed by atoms with Crippen LogP contribution in [0.1, 0.15) is 45.6 Å². The van der Waals surface area contributed by atoms with Crippen molar-refractivity contribution in [3.05, 3.63) is 34.9 Å². The zero-order chi connectivity index (χ0) is 19.7. The lowest BCUT2D eigenvalue weighted by Gasteiger charge is -2.36. The Labute approximate surface area is 165 Å². The van der Waals surface area contributed by atoms with Gasteiger partial charge >= 0.3 is 6.03 Å². The van der Waals surface area contributed by atoms with Crippen molar-refractivity contribution < 1.29 is 4.79 Å². The molecule has 2 heterocycles. The second-order valence-corrected chi connectivity index (χ2v) is 8.16. The van der Waals surface area contributed by atoms with Crippen LogP contribution >= 0.6 is 0 Å². The molecule has 0 spiro atoms. The number of anilines is 1. The monoisotopic (exact) mass is 383 g/mol. The van der Waals surface area contributed by atoms with Crippen molar-refractivity contribution >= 4 is 22.6 Å². The van der Waals surface area contributed by atoms with E-state index in [1.807, 2.05) is 36.9 Å². The Morgan fingerprint density at radius 1 is 1.14 bits per heavy atom. The number of nitrogens with zero attached hydrogens (tertiary/aromatic N) is 4. The van der Waals surface area contributed by atoms with E-state index in [1.165, 1.54) is 12.8 Å². The quantitative estimate of drug-likeness (QED) is 0.885. The maximum Gasteiger partial charge on any atom is 0.317 e. The Morgan fingerprint density at radius 2 is 1.86 bits per heavy atom. The summed E-state index contributed by atoms with van der Waals surface area (Å²) in [6, 6.07) is 6.36. The molecule has 0 radical (unpaired) electrons. The van der Waals surface area contributed by atoms with Gasteiger partial charge in [0.25, 0.3) is 5.56 Å². The van der Waals surface area contributed by atoms with Gasteiger partial charge < -0.3 is 15.1 Å². The van der Waals surface area contributed by atoms with Gasteiger partial charge in [0.05, 0.1) is 17.2 Å². The van der Waals surface area contributed by atoms with Crippen LogP contribution in [0.5, 0.6) is 0 Å². The summed E-state index contributed by atoms with van der Waals surface area (Å²) in [4.78, 5) is 33.7. The van der Waals surface area contributed by atoms with Gasteiger partial charge in [0.2, 0.25) is 0 Å². The SMILES string of the molecule is CC(C)n1cnc2cc(N3CCN(C(=O)NC4CCCC4)CC3)ccc2c1=O. The first-order chi connectivity index (χ1) is 13.5. The minimum atomic E-state index is -0.0000434. The van der Waals surface area contributed by atoms with Crippen LogP contribution in [0.3, 0.4) is 0 Å². The van der Waals surface area contributed by atoms with E-state index >= 15 is 0 Å². The van der Waals surface area contributed by atoms with Gasteiger partial charge in [-0.05, 0) is 44.9 Å². The average molecular weight is 383 g/mol. The predicted molar refractivity (Wildman–Crippen MR) is 111 cm³/mol. The third-order valence-electron chi connectivity index (χ3n) is 5.94. The molecule has 2 aliphatic rings. The molecule has 0 bridgehead atoms. The van der Waals surface area contributed by atoms with E-state index in [9.17, 15) is 9.59 Å². The number of carbonyl (C=O) groups excluding carboxylic acids is 1. The molecule has 28 heavy (non-hydrogen) atoms. The highest BCUT2D eigenvalue weighted by molar-refractivity contribution is 5.81. The number of hydrogen-bond donors (Lipinski definition) is 1. The van der Waals surface area contributed by atoms with E-state index in [2.05, 4.69) is 15.2 Å². The molecule has 1 aromatic carbocycles. The Balaban J connectivity index is 1.43. The molecule has 150 valence electrons. The molecule has 1 saturated heterocycles. The first kappa shape index (κ1) is 18.8. The van der Waals surface area contributed by atoms with Crippen LogP contribution < -0.4 is 15.8 Å². The maximum absolute atomic E-state index is 12.6. The highest BCUT2D eigenvalue weighted by Crippen LogP contribution is 2.22. The highest BCUT2D eigenvalue weighted by atomic mass is 16.2. The molecule has 0 atom stereocenters. The lowest BCUT2D eigenvalue weighted by Crippen LogP contribution is -2.53. The number of nitrogens with one attached hydrogen (secondary N) is 1. The van der Waals surface area contributed by atoms with E-state index < -0.39 is 0 Å². The van der Waals surface area contributed by atoms with E-state index in [1.54, 1.807) is 10.9 Å². The first-order valence-electron chi connectivity index (χ1n) is 10.3. The normalized spacial score (nSPS) is 18.2. The largest absolute Gasteiger partial charge is 0.368 e. The number of amides is 2. The molecule has 1 N–H and O–H groups in total. The Bertz CT molecular complexity index is 909. The molecule has 2 amide bonds. The van der Waals surface area contributed by atoms with Gasteiger partial charge in [-0.3, -0.25) is 9.36 Å². The minimum Gasteiger partial charge on any atom is -0.368 e. The van der Waals surface area contributed by atoms with Gasteiger partial charge in [0, 0.05) is 44.0 Å². The maximum atomic E-state index is 12.6. The fourth-order valence-corrected chi connectivity index (χ4v) is 4.19. The van der Waals surface area contributed by atoms with E-state index in [-0.39, 0.29) is 17.6 Å². The van der Waals surface area contributed by atoms with Gasteiger partial charge in [-0.2, -0.15) is 0 Å². The fraction of sp³-hybridized carbons (Fsp3) is 0.571. The van der Waals surface area contributed by atoms with E-state index in [0.717, 1.165) is 37.1 Å². The molecule has 4 rings (SSSR count). The lowest BCUT2D eigenvalue weighted by molar-refractivity contribution is 0.190. The van der Waals surface area contributed by atoms with Crippen molar-refractivity contribution in [1.82, 2.24) is 19.8 Å². The van der Waals surface area contributed by atoms with Crippen LogP contribution in [-0.4, -0.2) is 52.7 Å². The number of rotatable bonds is 3. The van der Waals surface area contributed by atoms with Crippen LogP contribution in [-0.2, 0) is 0 Å². The number of benzene rings is 1. The smallest absolute Gasteiger partial charge is 0.317 e. The Hall–Kier alpha value is -2.57. The molecule has 1 saturated carbocycles. The number of hydrogen-bond acceptors (Lipinski definition) is 4. The summed E-state index contributed by atoms with van der Waals surface area (Å²) in [6.07, 6.45) is 6.28. The van der Waals surface area contributed by atoms with Crippen molar-refractivity contribution in [2.45, 2.75) is 51.6 Å². The van der Waals surface area contributed by atoms with Crippen molar-refractivity contribution in [1.29, 1.82) is 0 Å². The minimum absolute atomic E-state index is 0.0000434. The molecule has 0 unspecified atom stereocenters. The molecule has 1 aliphatic heterocycles. The summed E-state index contributed by atoms with van der Waals surface area (Å²) in [7, 11) is 0. The standard InChI is InChI=1S/C21H29N5O2/c1-15(2)26-14-22-19-13-17(7-8-18(19)20(26)27)24-9-11-25(12-10-24)21(28)23-16-5-3-4-6-16/h7-8,13-16H,3-6,9-12H2,1-2H3,(H,23,28). The third-order valence-corrected chi connectivity index (χ3v) is 5.94. The molecular formula is C21H29N5O2. The van der Waals surface area contributed by atoms with Crippen molar-refractivity contribution in [2.24, 2.45) is 0 Å². The highest BCUT2D eigenvalue weighted by Gasteiger charge is 2.24. The summed E-state index contributed by atoms with van der Waals surface area (Å²) in [5.41, 5.74) is 1.78. The molecule has 7 nitrogen and oxygen atoms in total. The van der Waals surface area contributed by atoms with E-state index in [0.29, 0.717) is 24.5 Å². The van der Waals surface area contributed by atoms with Crippen LogP contribution in [0, 0.1) is 0 Å². The number of aromatic nitrogens is 2. The zero-order valence-electron chi connectivity index (χ0n) is 16.7. The van der Waals surface area contributed by atoms with Crippen LogP contribution in [0.2, 0.25) is 0 Å². The number of carbonyl (C=O) groups is 1. The van der Waals surface area contributed by atoms with Crippen molar-refractivity contribution in [2.75, 3.05) is 31.1 Å². The number of piperazine rings is 1. The topological polar surface area (TPSA) is 70.5 Å². The lowest BCUT2D eigenvalue weighted by atomic mass is 10.2. The molecule has 7 heteroatoms. The predicted octanol–water partition coefficient (Wildman–Crippen LogP) is 2.75. The number of urea groups is 1. The van der Waals surface area contributed by atoms with Crippen LogP contribution in [0.25, 0.3) is 10.9 Å². The zero-order valence-corrected chi connectivity index (χ0v) is 16.7.